The fourth-order valence-corrected chi connectivity index (χ4v) is 3.79. The fourth-order valence-electron chi connectivity index (χ4n) is 3.62. The van der Waals surface area contributed by atoms with Gasteiger partial charge in [0.1, 0.15) is 11.7 Å². The summed E-state index contributed by atoms with van der Waals surface area (Å²) < 4.78 is 1.88. The Hall–Kier alpha value is -3.04. The van der Waals surface area contributed by atoms with Gasteiger partial charge in [0.25, 0.3) is 0 Å². The lowest BCUT2D eigenvalue weighted by atomic mass is 9.79. The number of aromatic nitrogens is 2. The van der Waals surface area contributed by atoms with Crippen LogP contribution in [0.15, 0.2) is 48.9 Å². The molecule has 142 valence electrons. The summed E-state index contributed by atoms with van der Waals surface area (Å²) in [6.45, 7) is 3.42. The Kier molecular flexibility index (Phi) is 4.70. The third-order valence-corrected chi connectivity index (χ3v) is 5.72. The number of benzene rings is 1. The normalized spacial score (nSPS) is 16.0. The number of nitriles is 1. The van der Waals surface area contributed by atoms with E-state index in [-0.39, 0.29) is 5.91 Å². The summed E-state index contributed by atoms with van der Waals surface area (Å²) in [5.41, 5.74) is 2.58. The van der Waals surface area contributed by atoms with Crippen LogP contribution in [0.3, 0.4) is 0 Å². The average molecular weight is 394 g/mol. The molecule has 2 aromatic heterocycles. The van der Waals surface area contributed by atoms with Crippen LogP contribution in [0.5, 0.6) is 0 Å². The first-order valence-corrected chi connectivity index (χ1v) is 9.55. The molecule has 0 bridgehead atoms. The van der Waals surface area contributed by atoms with Gasteiger partial charge in [0.15, 0.2) is 0 Å². The zero-order valence-electron chi connectivity index (χ0n) is 15.5. The number of piperidine rings is 1. The van der Waals surface area contributed by atoms with Gasteiger partial charge in [0.2, 0.25) is 5.91 Å². The molecule has 1 saturated heterocycles. The molecule has 1 aromatic carbocycles. The Labute approximate surface area is 168 Å². The van der Waals surface area contributed by atoms with Crippen LogP contribution in [0.4, 0.5) is 11.4 Å². The molecule has 0 spiro atoms. The lowest BCUT2D eigenvalue weighted by Gasteiger charge is -2.39. The van der Waals surface area contributed by atoms with Gasteiger partial charge in [0.05, 0.1) is 22.4 Å². The second kappa shape index (κ2) is 7.17. The SMILES string of the molecule is CC1(C(=O)Nc2ccc3nccn3c2)CCN(c2ccc(Cl)cc2C#N)CC1. The predicted octanol–water partition coefficient (Wildman–Crippen LogP) is 4.10. The van der Waals surface area contributed by atoms with Crippen LogP contribution in [-0.4, -0.2) is 28.4 Å². The molecule has 1 fully saturated rings. The van der Waals surface area contributed by atoms with E-state index in [0.717, 1.165) is 17.0 Å². The monoisotopic (exact) mass is 393 g/mol. The van der Waals surface area contributed by atoms with E-state index < -0.39 is 5.41 Å². The standard InChI is InChI=1S/C21H20ClN5O/c1-21(20(28)25-17-3-5-19-24-8-11-27(19)14-17)6-9-26(10-7-21)18-4-2-16(22)12-15(18)13-23/h2-5,8,11-12,14H,6-7,9-10H2,1H3,(H,25,28). The molecular formula is C21H20ClN5O. The van der Waals surface area contributed by atoms with E-state index in [0.29, 0.717) is 36.5 Å². The summed E-state index contributed by atoms with van der Waals surface area (Å²) in [4.78, 5) is 19.3. The number of pyridine rings is 1. The summed E-state index contributed by atoms with van der Waals surface area (Å²) in [5.74, 6) is 0.0169. The molecule has 0 saturated carbocycles. The van der Waals surface area contributed by atoms with Gasteiger partial charge in [-0.3, -0.25) is 4.79 Å². The van der Waals surface area contributed by atoms with Crippen molar-refractivity contribution in [2.75, 3.05) is 23.3 Å². The van der Waals surface area contributed by atoms with E-state index in [1.807, 2.05) is 41.9 Å². The Bertz CT molecular complexity index is 1080. The first-order chi connectivity index (χ1) is 13.5. The van der Waals surface area contributed by atoms with Crippen LogP contribution < -0.4 is 10.2 Å². The van der Waals surface area contributed by atoms with Crippen LogP contribution in [-0.2, 0) is 4.79 Å². The number of carbonyl (C=O) groups is 1. The van der Waals surface area contributed by atoms with Crippen molar-refractivity contribution in [2.24, 2.45) is 5.41 Å². The number of nitrogens with one attached hydrogen (secondary N) is 1. The highest BCUT2D eigenvalue weighted by Crippen LogP contribution is 2.35. The van der Waals surface area contributed by atoms with E-state index in [1.165, 1.54) is 0 Å². The minimum absolute atomic E-state index is 0.0169. The average Bonchev–Trinajstić information content (AvgIpc) is 3.16. The van der Waals surface area contributed by atoms with E-state index in [4.69, 9.17) is 11.6 Å². The highest BCUT2D eigenvalue weighted by atomic mass is 35.5. The number of amides is 1. The minimum Gasteiger partial charge on any atom is -0.370 e. The van der Waals surface area contributed by atoms with E-state index in [9.17, 15) is 10.1 Å². The van der Waals surface area contributed by atoms with Crippen molar-refractivity contribution in [2.45, 2.75) is 19.8 Å². The number of nitrogens with zero attached hydrogens (tertiary/aromatic N) is 4. The number of halogens is 1. The molecule has 7 heteroatoms. The number of anilines is 2. The highest BCUT2D eigenvalue weighted by Gasteiger charge is 2.37. The summed E-state index contributed by atoms with van der Waals surface area (Å²) in [7, 11) is 0. The molecule has 6 nitrogen and oxygen atoms in total. The van der Waals surface area contributed by atoms with Gasteiger partial charge in [-0.1, -0.05) is 18.5 Å². The van der Waals surface area contributed by atoms with E-state index in [1.54, 1.807) is 18.3 Å². The van der Waals surface area contributed by atoms with E-state index in [2.05, 4.69) is 21.3 Å². The number of carbonyl (C=O) groups excluding carboxylic acids is 1. The van der Waals surface area contributed by atoms with Crippen molar-refractivity contribution in [3.63, 3.8) is 0 Å². The first kappa shape index (κ1) is 18.3. The second-order valence-electron chi connectivity index (χ2n) is 7.39. The van der Waals surface area contributed by atoms with Gasteiger partial charge in [-0.15, -0.1) is 0 Å². The summed E-state index contributed by atoms with van der Waals surface area (Å²) in [6, 6.07) is 11.3. The van der Waals surface area contributed by atoms with Gasteiger partial charge < -0.3 is 14.6 Å². The van der Waals surface area contributed by atoms with Crippen LogP contribution in [0, 0.1) is 16.7 Å². The summed E-state index contributed by atoms with van der Waals surface area (Å²) in [6.07, 6.45) is 6.86. The molecule has 1 aliphatic heterocycles. The number of rotatable bonds is 3. The maximum Gasteiger partial charge on any atom is 0.230 e. The minimum atomic E-state index is -0.459. The number of fused-ring (bicyclic) bond motifs is 1. The lowest BCUT2D eigenvalue weighted by molar-refractivity contribution is -0.125. The van der Waals surface area contributed by atoms with Gasteiger partial charge in [-0.2, -0.15) is 5.26 Å². The van der Waals surface area contributed by atoms with Gasteiger partial charge in [-0.25, -0.2) is 4.98 Å². The smallest absolute Gasteiger partial charge is 0.230 e. The second-order valence-corrected chi connectivity index (χ2v) is 7.82. The number of hydrogen-bond donors (Lipinski definition) is 1. The molecule has 3 aromatic rings. The largest absolute Gasteiger partial charge is 0.370 e. The van der Waals surface area contributed by atoms with Crippen molar-refractivity contribution in [1.82, 2.24) is 9.38 Å². The van der Waals surface area contributed by atoms with Gasteiger partial charge >= 0.3 is 0 Å². The van der Waals surface area contributed by atoms with Crippen LogP contribution in [0.1, 0.15) is 25.3 Å². The molecule has 1 aliphatic rings. The van der Waals surface area contributed by atoms with Crippen molar-refractivity contribution < 1.29 is 4.79 Å². The molecule has 3 heterocycles. The Morgan fingerprint density at radius 1 is 1.29 bits per heavy atom. The lowest BCUT2D eigenvalue weighted by Crippen LogP contribution is -2.45. The highest BCUT2D eigenvalue weighted by molar-refractivity contribution is 6.30. The van der Waals surface area contributed by atoms with Crippen molar-refractivity contribution in [1.29, 1.82) is 5.26 Å². The van der Waals surface area contributed by atoms with Crippen LogP contribution >= 0.6 is 11.6 Å². The quantitative estimate of drug-likeness (QED) is 0.726. The van der Waals surface area contributed by atoms with Crippen LogP contribution in [0.2, 0.25) is 5.02 Å². The van der Waals surface area contributed by atoms with E-state index >= 15 is 0 Å². The first-order valence-electron chi connectivity index (χ1n) is 9.17. The molecule has 1 amide bonds. The van der Waals surface area contributed by atoms with Gasteiger partial charge in [0, 0.05) is 36.7 Å². The third kappa shape index (κ3) is 3.41. The maximum absolute atomic E-state index is 13.0. The molecule has 0 atom stereocenters. The zero-order chi connectivity index (χ0) is 19.7. The Morgan fingerprint density at radius 2 is 2.07 bits per heavy atom. The number of imidazole rings is 1. The summed E-state index contributed by atoms with van der Waals surface area (Å²) >= 11 is 6.00. The Morgan fingerprint density at radius 3 is 2.82 bits per heavy atom. The molecule has 28 heavy (non-hydrogen) atoms. The third-order valence-electron chi connectivity index (χ3n) is 5.48. The molecule has 4 rings (SSSR count). The number of hydrogen-bond acceptors (Lipinski definition) is 4. The predicted molar refractivity (Wildman–Crippen MR) is 110 cm³/mol. The summed E-state index contributed by atoms with van der Waals surface area (Å²) in [5, 5.41) is 13.0. The molecule has 0 radical (unpaired) electrons. The van der Waals surface area contributed by atoms with Crippen molar-refractivity contribution in [3.8, 4) is 6.07 Å². The van der Waals surface area contributed by atoms with Crippen molar-refractivity contribution in [3.05, 3.63) is 59.5 Å². The fraction of sp³-hybridized carbons (Fsp3) is 0.286. The topological polar surface area (TPSA) is 73.4 Å². The molecule has 0 unspecified atom stereocenters. The van der Waals surface area contributed by atoms with Gasteiger partial charge in [-0.05, 0) is 43.2 Å². The molecule has 0 aliphatic carbocycles. The molecular weight excluding hydrogens is 374 g/mol. The zero-order valence-corrected chi connectivity index (χ0v) is 16.3. The molecule has 1 N–H and O–H groups in total. The van der Waals surface area contributed by atoms with Crippen molar-refractivity contribution >= 4 is 34.5 Å². The maximum atomic E-state index is 13.0. The Balaban J connectivity index is 1.45. The van der Waals surface area contributed by atoms with Crippen LogP contribution in [0.25, 0.3) is 5.65 Å².